The molecule has 1 heterocycles. The third-order valence-electron chi connectivity index (χ3n) is 3.11. The van der Waals surface area contributed by atoms with Crippen molar-refractivity contribution in [2.24, 2.45) is 5.73 Å². The molecule has 0 atom stereocenters. The SMILES string of the molecule is CC(=O)O.NC(=O)c1nc(Cl)c2cc(Oc3ccccc3)ccc2c1O. The van der Waals surface area contributed by atoms with E-state index in [9.17, 15) is 9.90 Å². The molecule has 0 fully saturated rings. The van der Waals surface area contributed by atoms with Crippen molar-refractivity contribution in [2.45, 2.75) is 6.92 Å². The number of nitrogens with zero attached hydrogens (tertiary/aromatic N) is 1. The largest absolute Gasteiger partial charge is 0.505 e. The third-order valence-corrected chi connectivity index (χ3v) is 3.40. The predicted octanol–water partition coefficient (Wildman–Crippen LogP) is 3.58. The fourth-order valence-electron chi connectivity index (χ4n) is 2.10. The Morgan fingerprint density at radius 2 is 1.69 bits per heavy atom. The number of carbonyl (C=O) groups excluding carboxylic acids is 1. The minimum Gasteiger partial charge on any atom is -0.505 e. The van der Waals surface area contributed by atoms with E-state index in [2.05, 4.69) is 4.98 Å². The van der Waals surface area contributed by atoms with Crippen molar-refractivity contribution in [1.82, 2.24) is 4.98 Å². The monoisotopic (exact) mass is 374 g/mol. The number of carboxylic acids is 1. The van der Waals surface area contributed by atoms with Gasteiger partial charge in [0.1, 0.15) is 16.7 Å². The number of aliphatic carboxylic acids is 1. The maximum atomic E-state index is 11.2. The highest BCUT2D eigenvalue weighted by atomic mass is 35.5. The fraction of sp³-hybridized carbons (Fsp3) is 0.0556. The number of aromatic nitrogens is 1. The first-order valence-electron chi connectivity index (χ1n) is 7.34. The second-order valence-electron chi connectivity index (χ2n) is 5.11. The summed E-state index contributed by atoms with van der Waals surface area (Å²) in [5.41, 5.74) is 4.91. The van der Waals surface area contributed by atoms with Gasteiger partial charge in [0.05, 0.1) is 0 Å². The molecule has 4 N–H and O–H groups in total. The average Bonchev–Trinajstić information content (AvgIpc) is 2.58. The summed E-state index contributed by atoms with van der Waals surface area (Å²) in [6, 6.07) is 14.1. The zero-order valence-electron chi connectivity index (χ0n) is 13.6. The summed E-state index contributed by atoms with van der Waals surface area (Å²) in [6.07, 6.45) is 0. The first-order chi connectivity index (χ1) is 12.3. The van der Waals surface area contributed by atoms with Crippen LogP contribution >= 0.6 is 11.6 Å². The Bertz CT molecular complexity index is 957. The molecule has 8 heteroatoms. The summed E-state index contributed by atoms with van der Waals surface area (Å²) in [5.74, 6) is -0.762. The number of carbonyl (C=O) groups is 2. The van der Waals surface area contributed by atoms with E-state index in [4.69, 9.17) is 32.0 Å². The van der Waals surface area contributed by atoms with Crippen molar-refractivity contribution in [2.75, 3.05) is 0 Å². The molecule has 0 radical (unpaired) electrons. The van der Waals surface area contributed by atoms with E-state index >= 15 is 0 Å². The molecule has 1 amide bonds. The van der Waals surface area contributed by atoms with Crippen LogP contribution in [-0.4, -0.2) is 27.1 Å². The summed E-state index contributed by atoms with van der Waals surface area (Å²) in [6.45, 7) is 1.08. The summed E-state index contributed by atoms with van der Waals surface area (Å²) in [7, 11) is 0. The molecule has 0 bridgehead atoms. The highest BCUT2D eigenvalue weighted by Crippen LogP contribution is 2.35. The first-order valence-corrected chi connectivity index (χ1v) is 7.72. The van der Waals surface area contributed by atoms with E-state index in [0.717, 1.165) is 6.92 Å². The number of primary amides is 1. The van der Waals surface area contributed by atoms with Crippen molar-refractivity contribution in [3.05, 3.63) is 59.4 Å². The van der Waals surface area contributed by atoms with Gasteiger partial charge in [-0.15, -0.1) is 0 Å². The van der Waals surface area contributed by atoms with Crippen LogP contribution in [0.25, 0.3) is 10.8 Å². The first kappa shape index (κ1) is 19.0. The van der Waals surface area contributed by atoms with E-state index < -0.39 is 11.9 Å². The molecule has 0 aliphatic rings. The van der Waals surface area contributed by atoms with Crippen LogP contribution in [0.15, 0.2) is 48.5 Å². The Morgan fingerprint density at radius 1 is 1.08 bits per heavy atom. The van der Waals surface area contributed by atoms with Crippen LogP contribution in [0.4, 0.5) is 0 Å². The Kier molecular flexibility index (Phi) is 5.98. The van der Waals surface area contributed by atoms with Gasteiger partial charge in [-0.25, -0.2) is 4.98 Å². The number of ether oxygens (including phenoxy) is 1. The van der Waals surface area contributed by atoms with Gasteiger partial charge in [0.25, 0.3) is 11.9 Å². The highest BCUT2D eigenvalue weighted by molar-refractivity contribution is 6.35. The Hall–Kier alpha value is -3.32. The number of amides is 1. The van der Waals surface area contributed by atoms with Crippen LogP contribution in [0.5, 0.6) is 17.2 Å². The second kappa shape index (κ2) is 8.17. The number of halogens is 1. The fourth-order valence-corrected chi connectivity index (χ4v) is 2.34. The van der Waals surface area contributed by atoms with Crippen molar-refractivity contribution < 1.29 is 24.5 Å². The quantitative estimate of drug-likeness (QED) is 0.602. The third kappa shape index (κ3) is 4.61. The molecular weight excluding hydrogens is 360 g/mol. The summed E-state index contributed by atoms with van der Waals surface area (Å²) in [4.78, 5) is 24.1. The molecule has 0 saturated carbocycles. The standard InChI is InChI=1S/C16H11ClN2O3.C2H4O2/c17-15-12-8-10(22-9-4-2-1-3-5-9)6-7-11(12)14(20)13(19-15)16(18)21;1-2(3)4/h1-8,20H,(H2,18,21);1H3,(H,3,4). The molecule has 0 aliphatic heterocycles. The molecule has 0 aliphatic carbocycles. The Balaban J connectivity index is 0.000000552. The van der Waals surface area contributed by atoms with Crippen LogP contribution in [0.3, 0.4) is 0 Å². The minimum absolute atomic E-state index is 0.0695. The lowest BCUT2D eigenvalue weighted by molar-refractivity contribution is -0.134. The van der Waals surface area contributed by atoms with Gasteiger partial charge >= 0.3 is 0 Å². The molecule has 7 nitrogen and oxygen atoms in total. The van der Waals surface area contributed by atoms with Crippen LogP contribution in [0.1, 0.15) is 17.4 Å². The van der Waals surface area contributed by atoms with Crippen molar-refractivity contribution in [1.29, 1.82) is 0 Å². The van der Waals surface area contributed by atoms with Gasteiger partial charge in [0.15, 0.2) is 11.4 Å². The smallest absolute Gasteiger partial charge is 0.300 e. The van der Waals surface area contributed by atoms with Gasteiger partial charge in [-0.05, 0) is 30.3 Å². The normalized spacial score (nSPS) is 9.92. The number of carboxylic acid groups (broad SMARTS) is 1. The lowest BCUT2D eigenvalue weighted by Gasteiger charge is -2.10. The van der Waals surface area contributed by atoms with Crippen LogP contribution < -0.4 is 10.5 Å². The molecule has 0 saturated heterocycles. The van der Waals surface area contributed by atoms with E-state index in [1.54, 1.807) is 18.2 Å². The maximum absolute atomic E-state index is 11.2. The van der Waals surface area contributed by atoms with E-state index in [1.165, 1.54) is 0 Å². The van der Waals surface area contributed by atoms with Gasteiger partial charge < -0.3 is 20.7 Å². The summed E-state index contributed by atoms with van der Waals surface area (Å²) < 4.78 is 5.70. The average molecular weight is 375 g/mol. The number of hydrogen-bond donors (Lipinski definition) is 3. The number of benzene rings is 2. The van der Waals surface area contributed by atoms with Gasteiger partial charge in [-0.3, -0.25) is 9.59 Å². The van der Waals surface area contributed by atoms with E-state index in [-0.39, 0.29) is 16.6 Å². The predicted molar refractivity (Wildman–Crippen MR) is 96.8 cm³/mol. The van der Waals surface area contributed by atoms with Gasteiger partial charge in [-0.2, -0.15) is 0 Å². The number of pyridine rings is 1. The number of fused-ring (bicyclic) bond motifs is 1. The van der Waals surface area contributed by atoms with Crippen LogP contribution in [0.2, 0.25) is 5.15 Å². The highest BCUT2D eigenvalue weighted by Gasteiger charge is 2.16. The zero-order valence-corrected chi connectivity index (χ0v) is 14.4. The second-order valence-corrected chi connectivity index (χ2v) is 5.46. The molecule has 3 rings (SSSR count). The summed E-state index contributed by atoms with van der Waals surface area (Å²) >= 11 is 6.07. The maximum Gasteiger partial charge on any atom is 0.300 e. The van der Waals surface area contributed by atoms with E-state index in [0.29, 0.717) is 22.3 Å². The number of para-hydroxylation sites is 1. The number of rotatable bonds is 3. The molecule has 1 aromatic heterocycles. The van der Waals surface area contributed by atoms with Gasteiger partial charge in [-0.1, -0.05) is 29.8 Å². The van der Waals surface area contributed by atoms with Crippen molar-refractivity contribution in [3.63, 3.8) is 0 Å². The molecule has 0 unspecified atom stereocenters. The number of aromatic hydroxyl groups is 1. The van der Waals surface area contributed by atoms with Gasteiger partial charge in [0, 0.05) is 17.7 Å². The molecule has 3 aromatic rings. The van der Waals surface area contributed by atoms with E-state index in [1.807, 2.05) is 30.3 Å². The van der Waals surface area contributed by atoms with Crippen molar-refractivity contribution in [3.8, 4) is 17.2 Å². The molecule has 26 heavy (non-hydrogen) atoms. The minimum atomic E-state index is -0.842. The molecule has 0 spiro atoms. The number of hydrogen-bond acceptors (Lipinski definition) is 5. The summed E-state index contributed by atoms with van der Waals surface area (Å²) in [5, 5.41) is 18.4. The van der Waals surface area contributed by atoms with Gasteiger partial charge in [0.2, 0.25) is 0 Å². The van der Waals surface area contributed by atoms with Crippen molar-refractivity contribution >= 4 is 34.2 Å². The topological polar surface area (TPSA) is 123 Å². The zero-order chi connectivity index (χ0) is 19.3. The Labute approximate surface area is 153 Å². The Morgan fingerprint density at radius 3 is 2.27 bits per heavy atom. The molecular formula is C18H15ClN2O5. The number of nitrogens with two attached hydrogens (primary N) is 1. The van der Waals surface area contributed by atoms with Crippen LogP contribution in [-0.2, 0) is 4.79 Å². The lowest BCUT2D eigenvalue weighted by atomic mass is 10.1. The lowest BCUT2D eigenvalue weighted by Crippen LogP contribution is -2.13. The van der Waals surface area contributed by atoms with Crippen LogP contribution in [0, 0.1) is 0 Å². The molecule has 2 aromatic carbocycles. The molecule has 134 valence electrons.